The lowest BCUT2D eigenvalue weighted by Gasteiger charge is -2.24. The summed E-state index contributed by atoms with van der Waals surface area (Å²) in [5.41, 5.74) is 2.90. The molecule has 2 aromatic rings. The fourth-order valence-corrected chi connectivity index (χ4v) is 3.08. The number of aromatic amines is 1. The van der Waals surface area contributed by atoms with Crippen LogP contribution in [0, 0.1) is 6.92 Å². The first-order valence-electron chi connectivity index (χ1n) is 8.52. The van der Waals surface area contributed by atoms with Gasteiger partial charge in [-0.3, -0.25) is 9.69 Å². The van der Waals surface area contributed by atoms with Gasteiger partial charge in [-0.05, 0) is 25.0 Å². The van der Waals surface area contributed by atoms with Crippen LogP contribution >= 0.6 is 0 Å². The standard InChI is InChI=1S/C19H25N3O2/c1-15-18(8-9-20-15)19(23)21-12-17-14-22(10-5-11-24-17)13-16-6-3-2-4-7-16/h2-4,6-9,17,20H,5,10-14H2,1H3,(H,21,23). The van der Waals surface area contributed by atoms with Crippen molar-refractivity contribution in [2.75, 3.05) is 26.2 Å². The van der Waals surface area contributed by atoms with E-state index in [1.165, 1.54) is 5.56 Å². The van der Waals surface area contributed by atoms with Crippen LogP contribution in [0.3, 0.4) is 0 Å². The Bertz CT molecular complexity index is 654. The number of benzene rings is 1. The van der Waals surface area contributed by atoms with E-state index in [0.717, 1.165) is 38.4 Å². The highest BCUT2D eigenvalue weighted by Crippen LogP contribution is 2.11. The van der Waals surface area contributed by atoms with Gasteiger partial charge in [0.25, 0.3) is 5.91 Å². The molecule has 1 atom stereocenters. The molecule has 3 rings (SSSR count). The van der Waals surface area contributed by atoms with Gasteiger partial charge in [0.15, 0.2) is 0 Å². The fraction of sp³-hybridized carbons (Fsp3) is 0.421. The Hall–Kier alpha value is -2.11. The predicted octanol–water partition coefficient (Wildman–Crippen LogP) is 2.34. The molecule has 1 unspecified atom stereocenters. The van der Waals surface area contributed by atoms with Crippen molar-refractivity contribution in [3.05, 3.63) is 59.4 Å². The lowest BCUT2D eigenvalue weighted by atomic mass is 10.2. The van der Waals surface area contributed by atoms with Crippen LogP contribution in [0.2, 0.25) is 0 Å². The molecule has 0 spiro atoms. The number of carbonyl (C=O) groups is 1. The number of amides is 1. The van der Waals surface area contributed by atoms with E-state index < -0.39 is 0 Å². The first-order chi connectivity index (χ1) is 11.7. The van der Waals surface area contributed by atoms with Crippen molar-refractivity contribution in [1.29, 1.82) is 0 Å². The lowest BCUT2D eigenvalue weighted by molar-refractivity contribution is 0.0510. The molecule has 1 aromatic carbocycles. The van der Waals surface area contributed by atoms with Crippen LogP contribution < -0.4 is 5.32 Å². The molecule has 0 bridgehead atoms. The van der Waals surface area contributed by atoms with E-state index in [2.05, 4.69) is 39.5 Å². The topological polar surface area (TPSA) is 57.4 Å². The highest BCUT2D eigenvalue weighted by molar-refractivity contribution is 5.95. The van der Waals surface area contributed by atoms with Gasteiger partial charge in [-0.25, -0.2) is 0 Å². The van der Waals surface area contributed by atoms with Crippen LogP contribution in [0.15, 0.2) is 42.6 Å². The van der Waals surface area contributed by atoms with Gasteiger partial charge in [0.05, 0.1) is 11.7 Å². The average molecular weight is 327 g/mol. The maximum Gasteiger partial charge on any atom is 0.253 e. The van der Waals surface area contributed by atoms with E-state index in [4.69, 9.17) is 4.74 Å². The van der Waals surface area contributed by atoms with Gasteiger partial charge in [0, 0.05) is 44.7 Å². The molecule has 1 aliphatic rings. The number of aromatic nitrogens is 1. The largest absolute Gasteiger partial charge is 0.375 e. The summed E-state index contributed by atoms with van der Waals surface area (Å²) in [6, 6.07) is 12.3. The fourth-order valence-electron chi connectivity index (χ4n) is 3.08. The van der Waals surface area contributed by atoms with Crippen LogP contribution in [0.5, 0.6) is 0 Å². The minimum absolute atomic E-state index is 0.0272. The number of carbonyl (C=O) groups excluding carboxylic acids is 1. The Balaban J connectivity index is 1.53. The summed E-state index contributed by atoms with van der Waals surface area (Å²) in [5.74, 6) is -0.0452. The first-order valence-corrected chi connectivity index (χ1v) is 8.52. The quantitative estimate of drug-likeness (QED) is 0.886. The van der Waals surface area contributed by atoms with Crippen LogP contribution in [0.25, 0.3) is 0 Å². The summed E-state index contributed by atoms with van der Waals surface area (Å²) in [5, 5.41) is 3.00. The van der Waals surface area contributed by atoms with E-state index in [1.807, 2.05) is 13.0 Å². The molecule has 128 valence electrons. The number of H-pyrrole nitrogens is 1. The number of hydrogen-bond acceptors (Lipinski definition) is 3. The van der Waals surface area contributed by atoms with E-state index in [0.29, 0.717) is 12.1 Å². The summed E-state index contributed by atoms with van der Waals surface area (Å²) in [4.78, 5) is 17.7. The molecule has 1 fully saturated rings. The molecular weight excluding hydrogens is 302 g/mol. The Morgan fingerprint density at radius 1 is 1.33 bits per heavy atom. The second-order valence-corrected chi connectivity index (χ2v) is 6.29. The Morgan fingerprint density at radius 2 is 2.17 bits per heavy atom. The van der Waals surface area contributed by atoms with Crippen molar-refractivity contribution in [3.63, 3.8) is 0 Å². The van der Waals surface area contributed by atoms with Crippen LogP contribution in [-0.4, -0.2) is 48.1 Å². The third kappa shape index (κ3) is 4.46. The lowest BCUT2D eigenvalue weighted by Crippen LogP contribution is -2.40. The molecule has 0 aliphatic carbocycles. The van der Waals surface area contributed by atoms with Crippen molar-refractivity contribution < 1.29 is 9.53 Å². The summed E-state index contributed by atoms with van der Waals surface area (Å²) in [7, 11) is 0. The van der Waals surface area contributed by atoms with Crippen LogP contribution in [-0.2, 0) is 11.3 Å². The van der Waals surface area contributed by atoms with Gasteiger partial charge in [-0.1, -0.05) is 30.3 Å². The Morgan fingerprint density at radius 3 is 2.92 bits per heavy atom. The number of nitrogens with one attached hydrogen (secondary N) is 2. The number of aryl methyl sites for hydroxylation is 1. The molecule has 2 heterocycles. The minimum Gasteiger partial charge on any atom is -0.375 e. The molecule has 5 heteroatoms. The SMILES string of the molecule is Cc1[nH]ccc1C(=O)NCC1CN(Cc2ccccc2)CCCO1. The Kier molecular flexibility index (Phi) is 5.67. The highest BCUT2D eigenvalue weighted by atomic mass is 16.5. The molecule has 24 heavy (non-hydrogen) atoms. The molecular formula is C19H25N3O2. The summed E-state index contributed by atoms with van der Waals surface area (Å²) in [6.45, 7) is 5.96. The van der Waals surface area contributed by atoms with E-state index in [-0.39, 0.29) is 12.0 Å². The van der Waals surface area contributed by atoms with Crippen molar-refractivity contribution in [3.8, 4) is 0 Å². The monoisotopic (exact) mass is 327 g/mol. The zero-order chi connectivity index (χ0) is 16.8. The zero-order valence-electron chi connectivity index (χ0n) is 14.1. The molecule has 1 aromatic heterocycles. The average Bonchev–Trinajstić information content (AvgIpc) is 2.89. The number of ether oxygens (including phenoxy) is 1. The van der Waals surface area contributed by atoms with Crippen molar-refractivity contribution in [2.45, 2.75) is 26.0 Å². The molecule has 2 N–H and O–H groups in total. The van der Waals surface area contributed by atoms with Crippen LogP contribution in [0.1, 0.15) is 28.0 Å². The van der Waals surface area contributed by atoms with Crippen molar-refractivity contribution in [1.82, 2.24) is 15.2 Å². The molecule has 0 radical (unpaired) electrons. The number of nitrogens with zero attached hydrogens (tertiary/aromatic N) is 1. The van der Waals surface area contributed by atoms with Crippen LogP contribution in [0.4, 0.5) is 0 Å². The van der Waals surface area contributed by atoms with Gasteiger partial charge >= 0.3 is 0 Å². The molecule has 1 amide bonds. The number of rotatable bonds is 5. The van der Waals surface area contributed by atoms with Gasteiger partial charge < -0.3 is 15.0 Å². The van der Waals surface area contributed by atoms with Gasteiger partial charge in [0.2, 0.25) is 0 Å². The molecule has 5 nitrogen and oxygen atoms in total. The predicted molar refractivity (Wildman–Crippen MR) is 93.9 cm³/mol. The van der Waals surface area contributed by atoms with Crippen molar-refractivity contribution in [2.24, 2.45) is 0 Å². The molecule has 1 aliphatic heterocycles. The minimum atomic E-state index is -0.0452. The maximum atomic E-state index is 12.2. The highest BCUT2D eigenvalue weighted by Gasteiger charge is 2.20. The first kappa shape index (κ1) is 16.7. The van der Waals surface area contributed by atoms with Gasteiger partial charge in [-0.15, -0.1) is 0 Å². The number of hydrogen-bond donors (Lipinski definition) is 2. The van der Waals surface area contributed by atoms with Gasteiger partial charge in [-0.2, -0.15) is 0 Å². The molecule has 0 saturated carbocycles. The summed E-state index contributed by atoms with van der Waals surface area (Å²) >= 11 is 0. The van der Waals surface area contributed by atoms with E-state index in [9.17, 15) is 4.79 Å². The third-order valence-electron chi connectivity index (χ3n) is 4.37. The van der Waals surface area contributed by atoms with E-state index >= 15 is 0 Å². The summed E-state index contributed by atoms with van der Waals surface area (Å²) in [6.07, 6.45) is 2.83. The smallest absolute Gasteiger partial charge is 0.253 e. The second-order valence-electron chi connectivity index (χ2n) is 6.29. The Labute approximate surface area is 143 Å². The normalized spacial score (nSPS) is 19.0. The summed E-state index contributed by atoms with van der Waals surface area (Å²) < 4.78 is 5.90. The van der Waals surface area contributed by atoms with Gasteiger partial charge in [0.1, 0.15) is 0 Å². The van der Waals surface area contributed by atoms with Crippen molar-refractivity contribution >= 4 is 5.91 Å². The maximum absolute atomic E-state index is 12.2. The van der Waals surface area contributed by atoms with E-state index in [1.54, 1.807) is 12.3 Å². The molecule has 1 saturated heterocycles. The third-order valence-corrected chi connectivity index (χ3v) is 4.37. The zero-order valence-corrected chi connectivity index (χ0v) is 14.1. The second kappa shape index (κ2) is 8.13.